The van der Waals surface area contributed by atoms with Gasteiger partial charge < -0.3 is 14.6 Å². The van der Waals surface area contributed by atoms with Crippen LogP contribution in [-0.2, 0) is 0 Å². The highest BCUT2D eigenvalue weighted by Crippen LogP contribution is 2.36. The van der Waals surface area contributed by atoms with E-state index in [2.05, 4.69) is 32.4 Å². The molecule has 0 aromatic heterocycles. The van der Waals surface area contributed by atoms with Crippen molar-refractivity contribution in [2.45, 2.75) is 0 Å². The maximum atomic E-state index is 12.4. The topological polar surface area (TPSA) is 80.2 Å². The molecule has 0 bridgehead atoms. The highest BCUT2D eigenvalue weighted by molar-refractivity contribution is 9.10. The van der Waals surface area contributed by atoms with Crippen molar-refractivity contribution < 1.29 is 19.4 Å². The summed E-state index contributed by atoms with van der Waals surface area (Å²) in [5.41, 5.74) is 3.21. The number of fused-ring (bicyclic) bond motifs is 1. The largest absolute Gasteiger partial charge is 0.507 e. The molecule has 2 N–H and O–H groups in total. The van der Waals surface area contributed by atoms with E-state index in [1.54, 1.807) is 24.3 Å². The van der Waals surface area contributed by atoms with Crippen LogP contribution >= 0.6 is 15.9 Å². The van der Waals surface area contributed by atoms with Gasteiger partial charge in [0.1, 0.15) is 12.4 Å². The van der Waals surface area contributed by atoms with Crippen molar-refractivity contribution in [2.75, 3.05) is 13.7 Å². The highest BCUT2D eigenvalue weighted by Gasteiger charge is 2.13. The van der Waals surface area contributed by atoms with Crippen LogP contribution in [0.3, 0.4) is 0 Å². The molecule has 0 heterocycles. The Hall–Kier alpha value is -3.50. The minimum absolute atomic E-state index is 0.105. The van der Waals surface area contributed by atoms with Gasteiger partial charge in [-0.1, -0.05) is 30.2 Å². The first-order chi connectivity index (χ1) is 14.0. The number of hydrazone groups is 1. The lowest BCUT2D eigenvalue weighted by Gasteiger charge is -2.11. The fraction of sp³-hybridized carbons (Fsp3) is 0.0909. The van der Waals surface area contributed by atoms with Gasteiger partial charge in [0.25, 0.3) is 5.91 Å². The zero-order chi connectivity index (χ0) is 20.8. The molecule has 0 saturated heterocycles. The fourth-order valence-corrected chi connectivity index (χ4v) is 3.28. The Kier molecular flexibility index (Phi) is 6.37. The molecule has 0 spiro atoms. The van der Waals surface area contributed by atoms with Gasteiger partial charge in [-0.15, -0.1) is 6.42 Å². The van der Waals surface area contributed by atoms with Gasteiger partial charge >= 0.3 is 0 Å². The van der Waals surface area contributed by atoms with Crippen molar-refractivity contribution >= 4 is 38.8 Å². The van der Waals surface area contributed by atoms with Crippen molar-refractivity contribution in [2.24, 2.45) is 5.10 Å². The van der Waals surface area contributed by atoms with E-state index >= 15 is 0 Å². The molecule has 3 rings (SSSR count). The minimum Gasteiger partial charge on any atom is -0.507 e. The van der Waals surface area contributed by atoms with Crippen LogP contribution in [0.2, 0.25) is 0 Å². The number of terminal acetylenes is 1. The van der Waals surface area contributed by atoms with Crippen LogP contribution in [0, 0.1) is 12.3 Å². The summed E-state index contributed by atoms with van der Waals surface area (Å²) in [6, 6.07) is 14.1. The Labute approximate surface area is 176 Å². The van der Waals surface area contributed by atoms with Crippen LogP contribution < -0.4 is 14.9 Å². The maximum absolute atomic E-state index is 12.4. The summed E-state index contributed by atoms with van der Waals surface area (Å²) in [6.45, 7) is 0.105. The fourth-order valence-electron chi connectivity index (χ4n) is 2.70. The van der Waals surface area contributed by atoms with Gasteiger partial charge in [0.2, 0.25) is 0 Å². The van der Waals surface area contributed by atoms with Crippen molar-refractivity contribution in [1.29, 1.82) is 0 Å². The van der Waals surface area contributed by atoms with E-state index in [4.69, 9.17) is 15.9 Å². The molecule has 146 valence electrons. The molecule has 0 aliphatic carbocycles. The van der Waals surface area contributed by atoms with Gasteiger partial charge in [-0.05, 0) is 56.5 Å². The zero-order valence-electron chi connectivity index (χ0n) is 15.5. The van der Waals surface area contributed by atoms with E-state index in [0.29, 0.717) is 21.5 Å². The Morgan fingerprint density at radius 1 is 1.28 bits per heavy atom. The number of amides is 1. The van der Waals surface area contributed by atoms with Crippen molar-refractivity contribution in [3.63, 3.8) is 0 Å². The van der Waals surface area contributed by atoms with Gasteiger partial charge in [0, 0.05) is 0 Å². The van der Waals surface area contributed by atoms with Gasteiger partial charge in [0.15, 0.2) is 11.5 Å². The number of ether oxygens (including phenoxy) is 2. The van der Waals surface area contributed by atoms with Crippen molar-refractivity contribution in [3.05, 3.63) is 64.1 Å². The number of methoxy groups -OCH3 is 1. The average Bonchev–Trinajstić information content (AvgIpc) is 2.72. The van der Waals surface area contributed by atoms with Crippen LogP contribution in [0.15, 0.2) is 58.1 Å². The average molecular weight is 453 g/mol. The smallest absolute Gasteiger partial charge is 0.275 e. The lowest BCUT2D eigenvalue weighted by molar-refractivity contribution is 0.0952. The summed E-state index contributed by atoms with van der Waals surface area (Å²) in [7, 11) is 1.51. The third kappa shape index (κ3) is 4.68. The summed E-state index contributed by atoms with van der Waals surface area (Å²) in [5.74, 6) is 2.70. The van der Waals surface area contributed by atoms with E-state index in [0.717, 1.165) is 10.8 Å². The molecule has 0 saturated carbocycles. The first-order valence-corrected chi connectivity index (χ1v) is 9.31. The predicted octanol–water partition coefficient (Wildman–Crippen LogP) is 4.09. The van der Waals surface area contributed by atoms with Crippen LogP contribution in [0.1, 0.15) is 15.9 Å². The number of carbonyl (C=O) groups excluding carboxylic acids is 1. The molecule has 29 heavy (non-hydrogen) atoms. The number of carbonyl (C=O) groups is 1. The molecule has 0 unspecified atom stereocenters. The SMILES string of the molecule is C#CCOc1c(Br)cc(C=NNC(=O)c2cc3ccccc3cc2O)cc1OC. The number of hydrogen-bond acceptors (Lipinski definition) is 5. The molecule has 7 heteroatoms. The minimum atomic E-state index is -0.524. The quantitative estimate of drug-likeness (QED) is 0.335. The molecule has 0 radical (unpaired) electrons. The lowest BCUT2D eigenvalue weighted by Crippen LogP contribution is -2.17. The highest BCUT2D eigenvalue weighted by atomic mass is 79.9. The van der Waals surface area contributed by atoms with Gasteiger partial charge in [-0.3, -0.25) is 4.79 Å². The summed E-state index contributed by atoms with van der Waals surface area (Å²) in [5, 5.41) is 15.8. The summed E-state index contributed by atoms with van der Waals surface area (Å²) < 4.78 is 11.4. The van der Waals surface area contributed by atoms with E-state index in [-0.39, 0.29) is 17.9 Å². The number of aromatic hydroxyl groups is 1. The van der Waals surface area contributed by atoms with Gasteiger partial charge in [0.05, 0.1) is 23.4 Å². The van der Waals surface area contributed by atoms with Crippen LogP contribution in [0.5, 0.6) is 17.2 Å². The number of nitrogens with zero attached hydrogens (tertiary/aromatic N) is 1. The normalized spacial score (nSPS) is 10.7. The lowest BCUT2D eigenvalue weighted by atomic mass is 10.1. The summed E-state index contributed by atoms with van der Waals surface area (Å²) in [4.78, 5) is 12.4. The first-order valence-electron chi connectivity index (χ1n) is 8.52. The van der Waals surface area contributed by atoms with Gasteiger partial charge in [-0.2, -0.15) is 5.10 Å². The molecule has 3 aromatic rings. The second-order valence-corrected chi connectivity index (χ2v) is 6.80. The number of phenolic OH excluding ortho intramolecular Hbond substituents is 1. The second-order valence-electron chi connectivity index (χ2n) is 5.94. The first kappa shape index (κ1) is 20.2. The maximum Gasteiger partial charge on any atom is 0.275 e. The van der Waals surface area contributed by atoms with E-state index in [9.17, 15) is 9.90 Å². The van der Waals surface area contributed by atoms with Crippen molar-refractivity contribution in [3.8, 4) is 29.6 Å². The molecule has 6 nitrogen and oxygen atoms in total. The molecule has 0 atom stereocenters. The number of nitrogens with one attached hydrogen (secondary N) is 1. The second kappa shape index (κ2) is 9.13. The van der Waals surface area contributed by atoms with E-state index in [1.807, 2.05) is 24.3 Å². The molecular weight excluding hydrogens is 436 g/mol. The number of phenols is 1. The summed E-state index contributed by atoms with van der Waals surface area (Å²) in [6.07, 6.45) is 6.67. The van der Waals surface area contributed by atoms with Crippen molar-refractivity contribution in [1.82, 2.24) is 5.43 Å². The molecule has 0 aliphatic rings. The van der Waals surface area contributed by atoms with Gasteiger partial charge in [-0.25, -0.2) is 5.43 Å². The number of benzene rings is 3. The zero-order valence-corrected chi connectivity index (χ0v) is 17.1. The number of hydrogen-bond donors (Lipinski definition) is 2. The molecule has 0 fully saturated rings. The predicted molar refractivity (Wildman–Crippen MR) is 116 cm³/mol. The third-order valence-electron chi connectivity index (χ3n) is 4.04. The standard InChI is InChI=1S/C22H17BrN2O4/c1-3-8-29-21-18(23)9-14(10-20(21)28-2)13-24-25-22(27)17-11-15-6-4-5-7-16(15)12-19(17)26/h1,4-7,9-13,26H,8H2,2H3,(H,25,27). The van der Waals surface area contributed by atoms with Crippen LogP contribution in [-0.4, -0.2) is 30.9 Å². The Bertz CT molecular complexity index is 1140. The summed E-state index contributed by atoms with van der Waals surface area (Å²) >= 11 is 3.40. The molecule has 0 aliphatic heterocycles. The molecule has 3 aromatic carbocycles. The number of halogens is 1. The molecular formula is C22H17BrN2O4. The monoisotopic (exact) mass is 452 g/mol. The Morgan fingerprint density at radius 3 is 2.69 bits per heavy atom. The number of rotatable bonds is 6. The third-order valence-corrected chi connectivity index (χ3v) is 4.63. The van der Waals surface area contributed by atoms with E-state index in [1.165, 1.54) is 13.3 Å². The Morgan fingerprint density at radius 2 is 2.00 bits per heavy atom. The Balaban J connectivity index is 1.77. The van der Waals surface area contributed by atoms with Crippen LogP contribution in [0.25, 0.3) is 10.8 Å². The van der Waals surface area contributed by atoms with Crippen LogP contribution in [0.4, 0.5) is 0 Å². The van der Waals surface area contributed by atoms with E-state index < -0.39 is 5.91 Å². The molecule has 1 amide bonds.